The smallest absolute Gasteiger partial charge is 0.413 e. The summed E-state index contributed by atoms with van der Waals surface area (Å²) in [6.45, 7) is 18.7. The van der Waals surface area contributed by atoms with Crippen molar-refractivity contribution in [2.45, 2.75) is 166 Å². The van der Waals surface area contributed by atoms with Crippen LogP contribution in [-0.2, 0) is 58.6 Å². The number of ether oxygens (including phenoxy) is 7. The highest BCUT2D eigenvalue weighted by Gasteiger charge is 2.79. The second kappa shape index (κ2) is 21.9. The third-order valence-electron chi connectivity index (χ3n) is 18.5. The first-order chi connectivity index (χ1) is 37.4. The van der Waals surface area contributed by atoms with Crippen LogP contribution in [0.5, 0.6) is 0 Å². The molecule has 6 aliphatic rings. The molecule has 0 radical (unpaired) electrons. The second-order valence-electron chi connectivity index (χ2n) is 23.5. The van der Waals surface area contributed by atoms with E-state index in [-0.39, 0.29) is 36.3 Å². The third-order valence-corrected chi connectivity index (χ3v) is 23.2. The number of esters is 3. The minimum atomic E-state index is -2.69. The molecule has 20 heteroatoms. The van der Waals surface area contributed by atoms with Crippen molar-refractivity contribution in [3.8, 4) is 0 Å². The number of hydrogen-bond acceptors (Lipinski definition) is 17. The largest absolute Gasteiger partial charge is 0.472 e. The fraction of sp³-hybridized carbons (Fsp3) is 0.593. The number of rotatable bonds is 14. The van der Waals surface area contributed by atoms with Crippen LogP contribution in [0.4, 0.5) is 9.59 Å². The number of nitrogens with zero attached hydrogens (tertiary/aromatic N) is 3. The number of piperazine rings is 1. The Morgan fingerprint density at radius 1 is 0.835 bits per heavy atom. The summed E-state index contributed by atoms with van der Waals surface area (Å²) in [6.07, 6.45) is -7.56. The fourth-order valence-corrected chi connectivity index (χ4v) is 16.6. The Bertz CT molecular complexity index is 2790. The van der Waals surface area contributed by atoms with Crippen LogP contribution in [0.2, 0.25) is 18.1 Å². The quantitative estimate of drug-likeness (QED) is 0.0696. The number of carbonyl (C=O) groups excluding carboxylic acids is 6. The van der Waals surface area contributed by atoms with Crippen molar-refractivity contribution in [2.24, 2.45) is 16.7 Å². The number of furan rings is 1. The number of likely N-dealkylation sites (N-methyl/N-ethyl adjacent to an activating group) is 1. The van der Waals surface area contributed by atoms with Gasteiger partial charge in [-0.25, -0.2) is 19.2 Å². The number of fused-ring (bicyclic) bond motifs is 5. The Morgan fingerprint density at radius 2 is 1.48 bits per heavy atom. The Hall–Kier alpha value is -5.90. The first-order valence-corrected chi connectivity index (χ1v) is 30.2. The van der Waals surface area contributed by atoms with E-state index in [1.54, 1.807) is 77.9 Å². The predicted octanol–water partition coefficient (Wildman–Crippen LogP) is 8.16. The van der Waals surface area contributed by atoms with Gasteiger partial charge in [0, 0.05) is 56.9 Å². The predicted molar refractivity (Wildman–Crippen MR) is 287 cm³/mol. The molecule has 1 aromatic heterocycles. The second-order valence-corrected chi connectivity index (χ2v) is 28.2. The number of Topliss-reactive ketones (excluding diaryl/α,β-unsaturated/α-hetero) is 1. The van der Waals surface area contributed by atoms with E-state index in [1.165, 1.54) is 29.2 Å². The zero-order valence-electron chi connectivity index (χ0n) is 47.3. The van der Waals surface area contributed by atoms with Gasteiger partial charge in [0.25, 0.3) is 0 Å². The highest BCUT2D eigenvalue weighted by molar-refractivity contribution is 6.73. The Kier molecular flexibility index (Phi) is 16.0. The zero-order chi connectivity index (χ0) is 57.0. The molecule has 428 valence electrons. The van der Waals surface area contributed by atoms with Crippen molar-refractivity contribution in [2.75, 3.05) is 39.8 Å². The molecule has 1 unspecified atom stereocenters. The summed E-state index contributed by atoms with van der Waals surface area (Å²) in [5.74, 6) is -4.61. The van der Waals surface area contributed by atoms with Crippen LogP contribution < -0.4 is 0 Å². The van der Waals surface area contributed by atoms with Crippen LogP contribution in [0, 0.1) is 16.7 Å². The van der Waals surface area contributed by atoms with Crippen LogP contribution in [0.1, 0.15) is 110 Å². The van der Waals surface area contributed by atoms with Crippen molar-refractivity contribution in [1.82, 2.24) is 14.7 Å². The maximum atomic E-state index is 17.0. The van der Waals surface area contributed by atoms with Gasteiger partial charge in [0.05, 0.1) is 42.1 Å². The summed E-state index contributed by atoms with van der Waals surface area (Å²) < 4.78 is 58.2. The average Bonchev–Trinajstić information content (AvgIpc) is 2.77. The standard InChI is InChI=1S/C59H77N3O16Si/c1-12-79(13-2,14-3)78-42-31-43-58(35-72-43,76-37(5)63)48-50(75-51(65)39-23-19-16-20-24-39)59(69)32-41(36(4)44(55(59,6)7)46(49(64)57(42,48)10)74-53(67)61-28-26-60(11)27-29-61)73-52(66)47-45(40-25-30-70-34-40)62(56(8,9)77-47)54(68)71-33-38-21-17-15-18-22-38/h15-25,30,34,41-43,45-48,50,69H,12-14,26-29,31-33,35H2,1-11H3/t41-,42-,43+,45-,46+,47+,48?,50-,57+,58-,59+/m0/s1. The van der Waals surface area contributed by atoms with E-state index in [0.29, 0.717) is 49.9 Å². The van der Waals surface area contributed by atoms with Gasteiger partial charge in [-0.15, -0.1) is 0 Å². The number of benzene rings is 2. The summed E-state index contributed by atoms with van der Waals surface area (Å²) in [7, 11) is -0.746. The molecule has 3 aliphatic heterocycles. The van der Waals surface area contributed by atoms with Gasteiger partial charge in [0.15, 0.2) is 31.9 Å². The molecule has 3 aromatic rings. The summed E-state index contributed by atoms with van der Waals surface area (Å²) >= 11 is 0. The molecule has 79 heavy (non-hydrogen) atoms. The number of aliphatic hydroxyl groups is 1. The normalized spacial score (nSPS) is 32.1. The van der Waals surface area contributed by atoms with Crippen molar-refractivity contribution >= 4 is 44.2 Å². The van der Waals surface area contributed by atoms with E-state index >= 15 is 9.59 Å². The molecule has 2 aromatic carbocycles. The maximum absolute atomic E-state index is 17.0. The van der Waals surface area contributed by atoms with Gasteiger partial charge < -0.3 is 56.9 Å². The van der Waals surface area contributed by atoms with Gasteiger partial charge in [0.1, 0.15) is 42.3 Å². The fourth-order valence-electron chi connectivity index (χ4n) is 13.6. The monoisotopic (exact) mass is 1110 g/mol. The highest BCUT2D eigenvalue weighted by Crippen LogP contribution is 2.65. The third kappa shape index (κ3) is 10.0. The first kappa shape index (κ1) is 57.8. The van der Waals surface area contributed by atoms with E-state index in [2.05, 4.69) is 25.7 Å². The number of ketones is 1. The summed E-state index contributed by atoms with van der Waals surface area (Å²) in [6, 6.07) is 19.8. The Labute approximate surface area is 463 Å². The molecular formula is C59H77N3O16Si. The minimum absolute atomic E-state index is 0.0743. The molecule has 5 fully saturated rings. The number of carbonyl (C=O) groups is 6. The van der Waals surface area contributed by atoms with Crippen LogP contribution in [0.25, 0.3) is 0 Å². The molecule has 0 spiro atoms. The molecule has 2 bridgehead atoms. The SMILES string of the molecule is CC[Si](CC)(CC)O[C@H]1C[C@H]2OC[C@@]2(OC(C)=O)C2[C@H](OC(=O)c3ccccc3)[C@]3(O)C[C@H](OC(=O)[C@@H]4OC(C)(C)N(C(=O)OCc5ccccc5)[C@H]4c4ccoc4)C(C)=C([C@@H](OC(=O)N4CCN(C)CC4)C(=O)[C@@]21C)C3(C)C. The summed E-state index contributed by atoms with van der Waals surface area (Å²) in [4.78, 5) is 95.0. The van der Waals surface area contributed by atoms with Gasteiger partial charge >= 0.3 is 30.1 Å². The minimum Gasteiger partial charge on any atom is -0.472 e. The molecule has 3 saturated heterocycles. The molecule has 11 atom stereocenters. The molecular weight excluding hydrogens is 1030 g/mol. The van der Waals surface area contributed by atoms with E-state index in [0.717, 1.165) is 5.56 Å². The average molecular weight is 1110 g/mol. The topological polar surface area (TPSA) is 219 Å². The van der Waals surface area contributed by atoms with E-state index in [1.807, 2.05) is 37.4 Å². The van der Waals surface area contributed by atoms with E-state index in [4.69, 9.17) is 42.0 Å². The lowest BCUT2D eigenvalue weighted by Gasteiger charge is -2.68. The van der Waals surface area contributed by atoms with Crippen LogP contribution in [-0.4, -0.2) is 157 Å². The van der Waals surface area contributed by atoms with Crippen molar-refractivity contribution in [1.29, 1.82) is 0 Å². The molecule has 2 amide bonds. The lowest BCUT2D eigenvalue weighted by molar-refractivity contribution is -0.344. The van der Waals surface area contributed by atoms with Crippen LogP contribution >= 0.6 is 0 Å². The summed E-state index contributed by atoms with van der Waals surface area (Å²) in [5.41, 5.74) is -7.42. The van der Waals surface area contributed by atoms with Crippen molar-refractivity contribution < 1.29 is 75.9 Å². The van der Waals surface area contributed by atoms with E-state index in [9.17, 15) is 24.3 Å². The first-order valence-electron chi connectivity index (χ1n) is 27.7. The molecule has 1 N–H and O–H groups in total. The molecule has 19 nitrogen and oxygen atoms in total. The van der Waals surface area contributed by atoms with Gasteiger partial charge in [-0.2, -0.15) is 0 Å². The van der Waals surface area contributed by atoms with Gasteiger partial charge in [-0.1, -0.05) is 83.1 Å². The lowest BCUT2D eigenvalue weighted by Crippen LogP contribution is -2.82. The Balaban J connectivity index is 1.23. The van der Waals surface area contributed by atoms with Gasteiger partial charge in [-0.05, 0) is 87.8 Å². The van der Waals surface area contributed by atoms with Crippen LogP contribution in [0.15, 0.2) is 94.8 Å². The van der Waals surface area contributed by atoms with Crippen molar-refractivity contribution in [3.05, 3.63) is 107 Å². The number of amides is 2. The molecule has 2 saturated carbocycles. The highest BCUT2D eigenvalue weighted by atomic mass is 28.4. The van der Waals surface area contributed by atoms with E-state index < -0.39 is 127 Å². The number of hydrogen-bond donors (Lipinski definition) is 1. The molecule has 3 aliphatic carbocycles. The molecule has 9 rings (SSSR count). The van der Waals surface area contributed by atoms with Crippen LogP contribution in [0.3, 0.4) is 0 Å². The Morgan fingerprint density at radius 3 is 2.06 bits per heavy atom. The van der Waals surface area contributed by atoms with Gasteiger partial charge in [-0.3, -0.25) is 14.5 Å². The lowest BCUT2D eigenvalue weighted by atomic mass is 9.44. The van der Waals surface area contributed by atoms with Gasteiger partial charge in [0.2, 0.25) is 0 Å². The summed E-state index contributed by atoms with van der Waals surface area (Å²) in [5, 5.41) is 14.5. The molecule has 4 heterocycles. The zero-order valence-corrected chi connectivity index (χ0v) is 48.3. The van der Waals surface area contributed by atoms with Crippen molar-refractivity contribution in [3.63, 3.8) is 0 Å². The maximum Gasteiger partial charge on any atom is 0.413 e.